The zero-order valence-corrected chi connectivity index (χ0v) is 15.8. The van der Waals surface area contributed by atoms with Crippen LogP contribution in [0.15, 0.2) is 54.6 Å². The summed E-state index contributed by atoms with van der Waals surface area (Å²) in [6.07, 6.45) is 0. The van der Waals surface area contributed by atoms with Gasteiger partial charge in [0.15, 0.2) is 11.5 Å². The number of hydrogen-bond acceptors (Lipinski definition) is 6. The summed E-state index contributed by atoms with van der Waals surface area (Å²) in [5.41, 5.74) is 3.15. The highest BCUT2D eigenvalue weighted by atomic mass is 16.5. The molecule has 0 unspecified atom stereocenters. The van der Waals surface area contributed by atoms with Crippen molar-refractivity contribution in [1.82, 2.24) is 9.97 Å². The van der Waals surface area contributed by atoms with Crippen LogP contribution in [0.5, 0.6) is 11.5 Å². The molecule has 1 aromatic heterocycles. The Balaban J connectivity index is 1.65. The molecule has 6 heteroatoms. The molecule has 0 aliphatic carbocycles. The molecule has 3 aromatic rings. The first-order chi connectivity index (χ1) is 13.2. The van der Waals surface area contributed by atoms with Crippen molar-refractivity contribution in [2.75, 3.05) is 24.9 Å². The molecule has 0 fully saturated rings. The van der Waals surface area contributed by atoms with Gasteiger partial charge < -0.3 is 20.1 Å². The normalized spacial score (nSPS) is 10.3. The second kappa shape index (κ2) is 8.89. The van der Waals surface area contributed by atoms with Crippen LogP contribution in [0, 0.1) is 6.92 Å². The molecule has 0 radical (unpaired) electrons. The van der Waals surface area contributed by atoms with Crippen LogP contribution < -0.4 is 20.1 Å². The lowest BCUT2D eigenvalue weighted by Gasteiger charge is -2.12. The summed E-state index contributed by atoms with van der Waals surface area (Å²) >= 11 is 0. The van der Waals surface area contributed by atoms with E-state index in [4.69, 9.17) is 9.47 Å². The van der Waals surface area contributed by atoms with Crippen LogP contribution in [0.1, 0.15) is 16.8 Å². The van der Waals surface area contributed by atoms with Crippen LogP contribution in [-0.2, 0) is 13.1 Å². The van der Waals surface area contributed by atoms with Gasteiger partial charge in [-0.15, -0.1) is 0 Å². The van der Waals surface area contributed by atoms with E-state index in [1.165, 1.54) is 5.56 Å². The largest absolute Gasteiger partial charge is 0.493 e. The lowest BCUT2D eigenvalue weighted by Crippen LogP contribution is -2.08. The fraction of sp³-hybridized carbons (Fsp3) is 0.238. The third kappa shape index (κ3) is 5.10. The summed E-state index contributed by atoms with van der Waals surface area (Å²) in [7, 11) is 3.26. The maximum Gasteiger partial charge on any atom is 0.225 e. The monoisotopic (exact) mass is 364 g/mol. The average Bonchev–Trinajstić information content (AvgIpc) is 2.71. The molecule has 0 saturated heterocycles. The second-order valence-corrected chi connectivity index (χ2v) is 6.10. The third-order valence-electron chi connectivity index (χ3n) is 4.07. The highest BCUT2D eigenvalue weighted by Gasteiger charge is 2.06. The van der Waals surface area contributed by atoms with E-state index in [-0.39, 0.29) is 0 Å². The van der Waals surface area contributed by atoms with Gasteiger partial charge in [0.2, 0.25) is 5.95 Å². The minimum atomic E-state index is 0.605. The third-order valence-corrected chi connectivity index (χ3v) is 4.07. The minimum Gasteiger partial charge on any atom is -0.493 e. The number of hydrogen-bond donors (Lipinski definition) is 2. The lowest BCUT2D eigenvalue weighted by atomic mass is 10.2. The number of nitrogens with one attached hydrogen (secondary N) is 2. The number of methoxy groups -OCH3 is 2. The van der Waals surface area contributed by atoms with Crippen molar-refractivity contribution < 1.29 is 9.47 Å². The number of aryl methyl sites for hydroxylation is 1. The van der Waals surface area contributed by atoms with Gasteiger partial charge in [-0.1, -0.05) is 36.4 Å². The van der Waals surface area contributed by atoms with Gasteiger partial charge in [0.1, 0.15) is 5.82 Å². The van der Waals surface area contributed by atoms with Crippen LogP contribution in [-0.4, -0.2) is 24.2 Å². The molecule has 0 atom stereocenters. The maximum atomic E-state index is 5.35. The van der Waals surface area contributed by atoms with E-state index in [1.807, 2.05) is 49.4 Å². The first-order valence-electron chi connectivity index (χ1n) is 8.76. The quantitative estimate of drug-likeness (QED) is 0.629. The first kappa shape index (κ1) is 18.5. The zero-order valence-electron chi connectivity index (χ0n) is 15.8. The minimum absolute atomic E-state index is 0.605. The first-order valence-corrected chi connectivity index (χ1v) is 8.76. The SMILES string of the molecule is COc1ccc(CNc2cc(C)nc(NCc3ccccc3)n2)cc1OC. The lowest BCUT2D eigenvalue weighted by molar-refractivity contribution is 0.354. The van der Waals surface area contributed by atoms with Crippen molar-refractivity contribution in [2.45, 2.75) is 20.0 Å². The van der Waals surface area contributed by atoms with Crippen LogP contribution in [0.3, 0.4) is 0 Å². The molecule has 0 spiro atoms. The van der Waals surface area contributed by atoms with Crippen molar-refractivity contribution in [3.8, 4) is 11.5 Å². The predicted molar refractivity (Wildman–Crippen MR) is 107 cm³/mol. The maximum absolute atomic E-state index is 5.35. The Morgan fingerprint density at radius 1 is 0.778 bits per heavy atom. The van der Waals surface area contributed by atoms with Gasteiger partial charge in [0.05, 0.1) is 14.2 Å². The van der Waals surface area contributed by atoms with Gasteiger partial charge in [-0.25, -0.2) is 4.98 Å². The van der Waals surface area contributed by atoms with E-state index in [2.05, 4.69) is 32.7 Å². The molecule has 3 rings (SSSR count). The standard InChI is InChI=1S/C21H24N4O2/c1-15-11-20(22-14-17-9-10-18(26-2)19(12-17)27-3)25-21(24-15)23-13-16-7-5-4-6-8-16/h4-12H,13-14H2,1-3H3,(H2,22,23,24,25). The summed E-state index contributed by atoms with van der Waals surface area (Å²) in [5, 5.41) is 6.62. The van der Waals surface area contributed by atoms with Crippen LogP contribution in [0.25, 0.3) is 0 Å². The molecule has 0 bridgehead atoms. The molecule has 0 saturated carbocycles. The van der Waals surface area contributed by atoms with Gasteiger partial charge in [-0.3, -0.25) is 0 Å². The number of nitrogens with zero attached hydrogens (tertiary/aromatic N) is 2. The smallest absolute Gasteiger partial charge is 0.225 e. The molecule has 0 amide bonds. The molecule has 1 heterocycles. The van der Waals surface area contributed by atoms with E-state index in [9.17, 15) is 0 Å². The van der Waals surface area contributed by atoms with Crippen molar-refractivity contribution in [3.63, 3.8) is 0 Å². The predicted octanol–water partition coefficient (Wildman–Crippen LogP) is 4.03. The summed E-state index contributed by atoms with van der Waals surface area (Å²) in [4.78, 5) is 9.01. The molecule has 2 aromatic carbocycles. The summed E-state index contributed by atoms with van der Waals surface area (Å²) in [5.74, 6) is 2.80. The molecule has 2 N–H and O–H groups in total. The van der Waals surface area contributed by atoms with Crippen LogP contribution in [0.4, 0.5) is 11.8 Å². The highest BCUT2D eigenvalue weighted by Crippen LogP contribution is 2.27. The molecular weight excluding hydrogens is 340 g/mol. The van der Waals surface area contributed by atoms with E-state index < -0.39 is 0 Å². The fourth-order valence-electron chi connectivity index (χ4n) is 2.70. The number of aromatic nitrogens is 2. The van der Waals surface area contributed by atoms with Crippen molar-refractivity contribution in [2.24, 2.45) is 0 Å². The van der Waals surface area contributed by atoms with Gasteiger partial charge in [-0.05, 0) is 30.2 Å². The zero-order chi connectivity index (χ0) is 19.1. The average molecular weight is 364 g/mol. The van der Waals surface area contributed by atoms with Gasteiger partial charge >= 0.3 is 0 Å². The summed E-state index contributed by atoms with van der Waals surface area (Å²) in [6, 6.07) is 17.9. The Hall–Kier alpha value is -3.28. The highest BCUT2D eigenvalue weighted by molar-refractivity contribution is 5.46. The van der Waals surface area contributed by atoms with Crippen molar-refractivity contribution in [3.05, 3.63) is 71.4 Å². The van der Waals surface area contributed by atoms with E-state index >= 15 is 0 Å². The number of ether oxygens (including phenoxy) is 2. The Labute approximate surface area is 159 Å². The number of benzene rings is 2. The summed E-state index contributed by atoms with van der Waals surface area (Å²) in [6.45, 7) is 3.26. The van der Waals surface area contributed by atoms with Crippen molar-refractivity contribution >= 4 is 11.8 Å². The Morgan fingerprint density at radius 3 is 2.26 bits per heavy atom. The topological polar surface area (TPSA) is 68.3 Å². The Kier molecular flexibility index (Phi) is 6.10. The number of anilines is 2. The van der Waals surface area contributed by atoms with E-state index in [1.54, 1.807) is 14.2 Å². The second-order valence-electron chi connectivity index (χ2n) is 6.10. The van der Waals surface area contributed by atoms with Crippen molar-refractivity contribution in [1.29, 1.82) is 0 Å². The molecule has 6 nitrogen and oxygen atoms in total. The van der Waals surface area contributed by atoms with Crippen LogP contribution >= 0.6 is 0 Å². The molecule has 27 heavy (non-hydrogen) atoms. The Morgan fingerprint density at radius 2 is 1.52 bits per heavy atom. The molecule has 0 aliphatic heterocycles. The summed E-state index contributed by atoms with van der Waals surface area (Å²) < 4.78 is 10.6. The fourth-order valence-corrected chi connectivity index (χ4v) is 2.70. The van der Waals surface area contributed by atoms with E-state index in [0.29, 0.717) is 30.5 Å². The molecular formula is C21H24N4O2. The van der Waals surface area contributed by atoms with Gasteiger partial charge in [0.25, 0.3) is 0 Å². The molecule has 0 aliphatic rings. The van der Waals surface area contributed by atoms with E-state index in [0.717, 1.165) is 17.1 Å². The number of rotatable bonds is 8. The van der Waals surface area contributed by atoms with Crippen LogP contribution in [0.2, 0.25) is 0 Å². The van der Waals surface area contributed by atoms with Gasteiger partial charge in [0, 0.05) is 24.8 Å². The van der Waals surface area contributed by atoms with Gasteiger partial charge in [-0.2, -0.15) is 4.98 Å². The Bertz CT molecular complexity index is 885. The molecule has 140 valence electrons.